The van der Waals surface area contributed by atoms with Crippen molar-refractivity contribution < 1.29 is 9.47 Å². The van der Waals surface area contributed by atoms with Crippen LogP contribution in [0.25, 0.3) is 0 Å². The number of pyridine rings is 1. The van der Waals surface area contributed by atoms with Gasteiger partial charge >= 0.3 is 0 Å². The van der Waals surface area contributed by atoms with Crippen molar-refractivity contribution in [2.45, 2.75) is 57.7 Å². The standard InChI is InChI=1S/C21H27BrN2O2/c1-25-20-12-17(14-24-18-8-4-2-3-5-9-18)11-19(22)21(20)26-15-16-7-6-10-23-13-16/h6-7,10-13,18,24H,2-5,8-9,14-15H2,1H3. The third kappa shape index (κ3) is 5.45. The van der Waals surface area contributed by atoms with Crippen LogP contribution >= 0.6 is 15.9 Å². The van der Waals surface area contributed by atoms with Gasteiger partial charge in [0, 0.05) is 30.5 Å². The van der Waals surface area contributed by atoms with E-state index in [-0.39, 0.29) is 0 Å². The molecule has 0 saturated heterocycles. The highest BCUT2D eigenvalue weighted by atomic mass is 79.9. The maximum atomic E-state index is 5.98. The fourth-order valence-corrected chi connectivity index (χ4v) is 4.00. The molecule has 4 nitrogen and oxygen atoms in total. The van der Waals surface area contributed by atoms with E-state index >= 15 is 0 Å². The van der Waals surface area contributed by atoms with E-state index in [1.54, 1.807) is 13.3 Å². The van der Waals surface area contributed by atoms with Crippen molar-refractivity contribution in [3.05, 3.63) is 52.3 Å². The molecule has 2 aromatic rings. The SMILES string of the molecule is COc1cc(CNC2CCCCCC2)cc(Br)c1OCc1cccnc1. The first-order valence-corrected chi connectivity index (χ1v) is 10.2. The Morgan fingerprint density at radius 3 is 2.65 bits per heavy atom. The van der Waals surface area contributed by atoms with Crippen molar-refractivity contribution in [1.82, 2.24) is 10.3 Å². The van der Waals surface area contributed by atoms with Crippen LogP contribution in [-0.2, 0) is 13.2 Å². The molecule has 1 aliphatic carbocycles. The molecule has 0 radical (unpaired) electrons. The summed E-state index contributed by atoms with van der Waals surface area (Å²) in [5.41, 5.74) is 2.23. The van der Waals surface area contributed by atoms with E-state index in [2.05, 4.69) is 38.4 Å². The van der Waals surface area contributed by atoms with Crippen molar-refractivity contribution in [2.24, 2.45) is 0 Å². The molecule has 0 unspecified atom stereocenters. The fraction of sp³-hybridized carbons (Fsp3) is 0.476. The smallest absolute Gasteiger partial charge is 0.175 e. The van der Waals surface area contributed by atoms with Crippen LogP contribution in [0.4, 0.5) is 0 Å². The predicted molar refractivity (Wildman–Crippen MR) is 108 cm³/mol. The Balaban J connectivity index is 1.64. The van der Waals surface area contributed by atoms with Crippen LogP contribution in [-0.4, -0.2) is 18.1 Å². The van der Waals surface area contributed by atoms with Gasteiger partial charge < -0.3 is 14.8 Å². The first kappa shape index (κ1) is 19.2. The van der Waals surface area contributed by atoms with Gasteiger partial charge in [0.2, 0.25) is 0 Å². The van der Waals surface area contributed by atoms with Gasteiger partial charge in [-0.15, -0.1) is 0 Å². The van der Waals surface area contributed by atoms with Crippen LogP contribution in [0.2, 0.25) is 0 Å². The molecule has 1 fully saturated rings. The Morgan fingerprint density at radius 2 is 1.96 bits per heavy atom. The van der Waals surface area contributed by atoms with Crippen molar-refractivity contribution in [3.8, 4) is 11.5 Å². The lowest BCUT2D eigenvalue weighted by molar-refractivity contribution is 0.282. The van der Waals surface area contributed by atoms with Crippen LogP contribution in [0, 0.1) is 0 Å². The van der Waals surface area contributed by atoms with Gasteiger partial charge in [0.05, 0.1) is 11.6 Å². The summed E-state index contributed by atoms with van der Waals surface area (Å²) in [6.07, 6.45) is 11.6. The summed E-state index contributed by atoms with van der Waals surface area (Å²) >= 11 is 3.64. The normalized spacial score (nSPS) is 15.5. The maximum Gasteiger partial charge on any atom is 0.175 e. The largest absolute Gasteiger partial charge is 0.493 e. The van der Waals surface area contributed by atoms with Crippen molar-refractivity contribution in [3.63, 3.8) is 0 Å². The molecule has 0 atom stereocenters. The van der Waals surface area contributed by atoms with Crippen LogP contribution in [0.15, 0.2) is 41.1 Å². The number of nitrogens with one attached hydrogen (secondary N) is 1. The molecule has 1 aliphatic rings. The van der Waals surface area contributed by atoms with E-state index in [4.69, 9.17) is 9.47 Å². The van der Waals surface area contributed by atoms with Crippen molar-refractivity contribution in [2.75, 3.05) is 7.11 Å². The number of methoxy groups -OCH3 is 1. The molecule has 1 N–H and O–H groups in total. The molecule has 0 bridgehead atoms. The van der Waals surface area contributed by atoms with Gasteiger partial charge in [-0.1, -0.05) is 31.7 Å². The van der Waals surface area contributed by atoms with Crippen LogP contribution < -0.4 is 14.8 Å². The fourth-order valence-electron chi connectivity index (χ4n) is 3.40. The van der Waals surface area contributed by atoms with E-state index in [1.165, 1.54) is 44.1 Å². The van der Waals surface area contributed by atoms with E-state index in [0.717, 1.165) is 28.1 Å². The average Bonchev–Trinajstić information content (AvgIpc) is 2.94. The van der Waals surface area contributed by atoms with E-state index in [0.29, 0.717) is 12.6 Å². The molecular formula is C21H27BrN2O2. The van der Waals surface area contributed by atoms with Crippen LogP contribution in [0.5, 0.6) is 11.5 Å². The summed E-state index contributed by atoms with van der Waals surface area (Å²) in [6.45, 7) is 1.31. The molecule has 1 saturated carbocycles. The molecule has 1 aromatic heterocycles. The lowest BCUT2D eigenvalue weighted by atomic mass is 10.1. The summed E-state index contributed by atoms with van der Waals surface area (Å²) in [6, 6.07) is 8.72. The number of halogens is 1. The zero-order valence-electron chi connectivity index (χ0n) is 15.3. The third-order valence-corrected chi connectivity index (χ3v) is 5.43. The van der Waals surface area contributed by atoms with Gasteiger partial charge in [-0.25, -0.2) is 0 Å². The maximum absolute atomic E-state index is 5.98. The van der Waals surface area contributed by atoms with Gasteiger partial charge in [0.25, 0.3) is 0 Å². The van der Waals surface area contributed by atoms with Gasteiger partial charge in [0.15, 0.2) is 11.5 Å². The molecule has 3 rings (SSSR count). The second-order valence-corrected chi connectivity index (χ2v) is 7.68. The second kappa shape index (κ2) is 9.93. The van der Waals surface area contributed by atoms with Crippen molar-refractivity contribution >= 4 is 15.9 Å². The highest BCUT2D eigenvalue weighted by Crippen LogP contribution is 2.37. The first-order chi connectivity index (χ1) is 12.8. The average molecular weight is 419 g/mol. The molecule has 140 valence electrons. The third-order valence-electron chi connectivity index (χ3n) is 4.85. The highest BCUT2D eigenvalue weighted by molar-refractivity contribution is 9.10. The summed E-state index contributed by atoms with van der Waals surface area (Å²) in [4.78, 5) is 4.12. The number of ether oxygens (including phenoxy) is 2. The molecule has 26 heavy (non-hydrogen) atoms. The minimum atomic E-state index is 0.461. The monoisotopic (exact) mass is 418 g/mol. The number of aromatic nitrogens is 1. The zero-order chi connectivity index (χ0) is 18.2. The number of hydrogen-bond donors (Lipinski definition) is 1. The zero-order valence-corrected chi connectivity index (χ0v) is 16.9. The molecule has 1 aromatic carbocycles. The minimum Gasteiger partial charge on any atom is -0.493 e. The van der Waals surface area contributed by atoms with E-state index in [9.17, 15) is 0 Å². The Bertz CT molecular complexity index is 686. The van der Waals surface area contributed by atoms with E-state index in [1.807, 2.05) is 18.3 Å². The minimum absolute atomic E-state index is 0.461. The van der Waals surface area contributed by atoms with Crippen LogP contribution in [0.1, 0.15) is 49.7 Å². The molecular weight excluding hydrogens is 392 g/mol. The number of rotatable bonds is 7. The second-order valence-electron chi connectivity index (χ2n) is 6.83. The Kier molecular flexibility index (Phi) is 7.32. The highest BCUT2D eigenvalue weighted by Gasteiger charge is 2.15. The molecule has 0 spiro atoms. The molecule has 5 heteroatoms. The lowest BCUT2D eigenvalue weighted by Gasteiger charge is -2.18. The summed E-state index contributed by atoms with van der Waals surface area (Å²) in [5, 5.41) is 3.71. The predicted octanol–water partition coefficient (Wildman–Crippen LogP) is 5.24. The number of hydrogen-bond acceptors (Lipinski definition) is 4. The molecule has 0 aliphatic heterocycles. The van der Waals surface area contributed by atoms with Gasteiger partial charge in [-0.05, 0) is 52.5 Å². The van der Waals surface area contributed by atoms with Crippen molar-refractivity contribution in [1.29, 1.82) is 0 Å². The molecule has 1 heterocycles. The van der Waals surface area contributed by atoms with Gasteiger partial charge in [0.1, 0.15) is 6.61 Å². The Morgan fingerprint density at radius 1 is 1.15 bits per heavy atom. The lowest BCUT2D eigenvalue weighted by Crippen LogP contribution is -2.27. The number of nitrogens with zero attached hydrogens (tertiary/aromatic N) is 1. The summed E-state index contributed by atoms with van der Waals surface area (Å²) in [7, 11) is 1.68. The summed E-state index contributed by atoms with van der Waals surface area (Å²) in [5.74, 6) is 1.48. The quantitative estimate of drug-likeness (QED) is 0.623. The van der Waals surface area contributed by atoms with Gasteiger partial charge in [-0.2, -0.15) is 0 Å². The van der Waals surface area contributed by atoms with E-state index < -0.39 is 0 Å². The Labute approximate surface area is 164 Å². The molecule has 0 amide bonds. The first-order valence-electron chi connectivity index (χ1n) is 9.38. The van der Waals surface area contributed by atoms with Gasteiger partial charge in [-0.3, -0.25) is 4.98 Å². The van der Waals surface area contributed by atoms with Crippen LogP contribution in [0.3, 0.4) is 0 Å². The number of benzene rings is 1. The summed E-state index contributed by atoms with van der Waals surface area (Å²) < 4.78 is 12.5. The Hall–Kier alpha value is -1.59. The topological polar surface area (TPSA) is 43.4 Å².